The molecule has 1 aromatic heterocycles. The first kappa shape index (κ1) is 24.7. The van der Waals surface area contributed by atoms with Gasteiger partial charge in [-0.2, -0.15) is 4.80 Å². The van der Waals surface area contributed by atoms with Crippen LogP contribution >= 0.6 is 12.2 Å². The van der Waals surface area contributed by atoms with E-state index in [1.165, 1.54) is 24.8 Å². The average Bonchev–Trinajstić information content (AvgIpc) is 3.30. The Bertz CT molecular complexity index is 1430. The molecule has 0 aliphatic carbocycles. The predicted octanol–water partition coefficient (Wildman–Crippen LogP) is 4.81. The zero-order valence-corrected chi connectivity index (χ0v) is 20.5. The van der Waals surface area contributed by atoms with Crippen LogP contribution in [0.25, 0.3) is 16.7 Å². The number of carbonyl (C=O) groups excluding carboxylic acids is 1. The number of unbranched alkanes of at least 4 members (excludes halogenated alkanes) is 1. The fourth-order valence-electron chi connectivity index (χ4n) is 3.60. The number of nitrogens with zero attached hydrogens (tertiary/aromatic N) is 4. The molecule has 0 atom stereocenters. The summed E-state index contributed by atoms with van der Waals surface area (Å²) < 4.78 is 4.96. The Morgan fingerprint density at radius 3 is 2.53 bits per heavy atom. The van der Waals surface area contributed by atoms with Gasteiger partial charge >= 0.3 is 5.69 Å². The number of fused-ring (bicyclic) bond motifs is 1. The van der Waals surface area contributed by atoms with Crippen LogP contribution in [-0.4, -0.2) is 38.0 Å². The Morgan fingerprint density at radius 2 is 1.83 bits per heavy atom. The molecular formula is C25H24N6O4S. The lowest BCUT2D eigenvalue weighted by atomic mass is 10.1. The van der Waals surface area contributed by atoms with Crippen molar-refractivity contribution in [3.05, 3.63) is 81.9 Å². The van der Waals surface area contributed by atoms with Crippen LogP contribution in [0, 0.1) is 10.1 Å². The van der Waals surface area contributed by atoms with Gasteiger partial charge in [0.1, 0.15) is 11.0 Å². The molecule has 36 heavy (non-hydrogen) atoms. The van der Waals surface area contributed by atoms with Crippen LogP contribution in [0.2, 0.25) is 0 Å². The van der Waals surface area contributed by atoms with Gasteiger partial charge in [-0.25, -0.2) is 0 Å². The van der Waals surface area contributed by atoms with Gasteiger partial charge in [0.15, 0.2) is 10.9 Å². The van der Waals surface area contributed by atoms with Crippen LogP contribution in [0.1, 0.15) is 35.7 Å². The fourth-order valence-corrected chi connectivity index (χ4v) is 3.81. The lowest BCUT2D eigenvalue weighted by Gasteiger charge is -2.10. The summed E-state index contributed by atoms with van der Waals surface area (Å²) in [5, 5.41) is 25.8. The number of aromatic nitrogens is 3. The Morgan fingerprint density at radius 1 is 1.08 bits per heavy atom. The number of nitro benzene ring substituents is 1. The van der Waals surface area contributed by atoms with Gasteiger partial charge < -0.3 is 10.1 Å². The molecule has 0 spiro atoms. The van der Waals surface area contributed by atoms with E-state index in [9.17, 15) is 14.9 Å². The summed E-state index contributed by atoms with van der Waals surface area (Å²) in [6.45, 7) is 2.17. The molecule has 1 heterocycles. The molecule has 0 bridgehead atoms. The molecule has 4 aromatic rings. The highest BCUT2D eigenvalue weighted by molar-refractivity contribution is 7.80. The molecule has 0 fully saturated rings. The number of rotatable bonds is 8. The lowest BCUT2D eigenvalue weighted by molar-refractivity contribution is -0.385. The van der Waals surface area contributed by atoms with Gasteiger partial charge in [0.25, 0.3) is 5.91 Å². The minimum Gasteiger partial charge on any atom is -0.490 e. The van der Waals surface area contributed by atoms with Crippen molar-refractivity contribution in [2.75, 3.05) is 12.4 Å². The van der Waals surface area contributed by atoms with E-state index in [0.29, 0.717) is 16.7 Å². The standard InChI is InChI=1S/C25H24N6O4S/c1-3-4-5-16-6-10-19(11-7-16)30-28-20-12-9-18(15-21(20)29-30)26-25(36)27-24(32)17-8-13-23(35-2)22(14-17)31(33)34/h6-15H,3-5H2,1-2H3,(H2,26,27,32,36). The number of nitrogens with one attached hydrogen (secondary N) is 2. The molecule has 0 saturated carbocycles. The van der Waals surface area contributed by atoms with E-state index in [-0.39, 0.29) is 22.1 Å². The smallest absolute Gasteiger partial charge is 0.311 e. The first-order valence-corrected chi connectivity index (χ1v) is 11.7. The molecule has 0 aliphatic heterocycles. The zero-order valence-electron chi connectivity index (χ0n) is 19.7. The van der Waals surface area contributed by atoms with E-state index in [2.05, 4.69) is 39.9 Å². The van der Waals surface area contributed by atoms with E-state index in [1.807, 2.05) is 12.1 Å². The van der Waals surface area contributed by atoms with Crippen molar-refractivity contribution in [3.63, 3.8) is 0 Å². The SMILES string of the molecule is CCCCc1ccc(-n2nc3ccc(NC(=S)NC(=O)c4ccc(OC)c([N+](=O)[O-])c4)cc3n2)cc1. The van der Waals surface area contributed by atoms with E-state index in [1.54, 1.807) is 23.0 Å². The summed E-state index contributed by atoms with van der Waals surface area (Å²) in [5.74, 6) is -0.529. The second kappa shape index (κ2) is 10.9. The molecule has 0 aliphatic rings. The molecule has 3 aromatic carbocycles. The molecule has 2 N–H and O–H groups in total. The Hall–Kier alpha value is -4.38. The summed E-state index contributed by atoms with van der Waals surface area (Å²) in [7, 11) is 1.32. The number of benzene rings is 3. The minimum atomic E-state index is -0.616. The van der Waals surface area contributed by atoms with Crippen molar-refractivity contribution in [2.24, 2.45) is 0 Å². The molecule has 0 unspecified atom stereocenters. The highest BCUT2D eigenvalue weighted by atomic mass is 32.1. The molecule has 11 heteroatoms. The second-order valence-corrected chi connectivity index (χ2v) is 8.42. The average molecular weight is 505 g/mol. The number of hydrogen-bond donors (Lipinski definition) is 2. The van der Waals surface area contributed by atoms with Crippen molar-refractivity contribution in [1.29, 1.82) is 0 Å². The Kier molecular flexibility index (Phi) is 7.50. The summed E-state index contributed by atoms with van der Waals surface area (Å²) in [6.07, 6.45) is 3.36. The number of amides is 1. The molecule has 184 valence electrons. The first-order chi connectivity index (χ1) is 17.4. The van der Waals surface area contributed by atoms with Gasteiger partial charge in [0, 0.05) is 17.3 Å². The quantitative estimate of drug-likeness (QED) is 0.199. The van der Waals surface area contributed by atoms with Crippen LogP contribution in [0.15, 0.2) is 60.7 Å². The maximum Gasteiger partial charge on any atom is 0.311 e. The van der Waals surface area contributed by atoms with Crippen molar-refractivity contribution >= 4 is 45.6 Å². The highest BCUT2D eigenvalue weighted by Gasteiger charge is 2.19. The molecule has 0 radical (unpaired) electrons. The molecule has 0 saturated heterocycles. The van der Waals surface area contributed by atoms with Crippen molar-refractivity contribution in [1.82, 2.24) is 20.3 Å². The van der Waals surface area contributed by atoms with Crippen molar-refractivity contribution in [3.8, 4) is 11.4 Å². The fraction of sp³-hybridized carbons (Fsp3) is 0.200. The third-order valence-corrected chi connectivity index (χ3v) is 5.69. The van der Waals surface area contributed by atoms with Gasteiger partial charge in [0.2, 0.25) is 0 Å². The largest absolute Gasteiger partial charge is 0.490 e. The molecule has 4 rings (SSSR count). The Labute approximate surface area is 212 Å². The normalized spacial score (nSPS) is 10.7. The third-order valence-electron chi connectivity index (χ3n) is 5.49. The Balaban J connectivity index is 1.44. The van der Waals surface area contributed by atoms with E-state index in [4.69, 9.17) is 17.0 Å². The maximum atomic E-state index is 12.5. The van der Waals surface area contributed by atoms with Gasteiger partial charge in [-0.05, 0) is 73.1 Å². The minimum absolute atomic E-state index is 0.0351. The van der Waals surface area contributed by atoms with E-state index in [0.717, 1.165) is 31.0 Å². The number of hydrogen-bond acceptors (Lipinski definition) is 7. The van der Waals surface area contributed by atoms with Gasteiger partial charge in [-0.3, -0.25) is 20.2 Å². The number of ether oxygens (including phenoxy) is 1. The first-order valence-electron chi connectivity index (χ1n) is 11.3. The summed E-state index contributed by atoms with van der Waals surface area (Å²) >= 11 is 5.25. The number of anilines is 1. The van der Waals surface area contributed by atoms with Crippen LogP contribution in [0.4, 0.5) is 11.4 Å². The van der Waals surface area contributed by atoms with Gasteiger partial charge in [-0.1, -0.05) is 25.5 Å². The van der Waals surface area contributed by atoms with E-state index >= 15 is 0 Å². The summed E-state index contributed by atoms with van der Waals surface area (Å²) in [6, 6.07) is 17.4. The van der Waals surface area contributed by atoms with Crippen LogP contribution in [0.5, 0.6) is 5.75 Å². The number of aryl methyl sites for hydroxylation is 1. The lowest BCUT2D eigenvalue weighted by Crippen LogP contribution is -2.34. The van der Waals surface area contributed by atoms with Crippen LogP contribution < -0.4 is 15.4 Å². The number of carbonyl (C=O) groups is 1. The predicted molar refractivity (Wildman–Crippen MR) is 141 cm³/mol. The topological polar surface area (TPSA) is 124 Å². The molecule has 10 nitrogen and oxygen atoms in total. The van der Waals surface area contributed by atoms with Crippen molar-refractivity contribution in [2.45, 2.75) is 26.2 Å². The highest BCUT2D eigenvalue weighted by Crippen LogP contribution is 2.27. The number of nitro groups is 1. The summed E-state index contributed by atoms with van der Waals surface area (Å²) in [5.41, 5.74) is 3.86. The second-order valence-electron chi connectivity index (χ2n) is 8.01. The third kappa shape index (κ3) is 5.63. The van der Waals surface area contributed by atoms with Crippen LogP contribution in [-0.2, 0) is 6.42 Å². The number of methoxy groups -OCH3 is 1. The van der Waals surface area contributed by atoms with Gasteiger partial charge in [-0.15, -0.1) is 10.2 Å². The van der Waals surface area contributed by atoms with Crippen LogP contribution in [0.3, 0.4) is 0 Å². The monoisotopic (exact) mass is 504 g/mol. The zero-order chi connectivity index (χ0) is 25.7. The van der Waals surface area contributed by atoms with Gasteiger partial charge in [0.05, 0.1) is 17.7 Å². The van der Waals surface area contributed by atoms with E-state index < -0.39 is 10.8 Å². The molecule has 1 amide bonds. The molecular weight excluding hydrogens is 480 g/mol. The maximum absolute atomic E-state index is 12.5. The number of thiocarbonyl (C=S) groups is 1. The summed E-state index contributed by atoms with van der Waals surface area (Å²) in [4.78, 5) is 24.7. The van der Waals surface area contributed by atoms with Crippen molar-refractivity contribution < 1.29 is 14.5 Å².